The first kappa shape index (κ1) is 10.5. The standard InChI is InChI=1S/C9H10ClNOS/c1-7(4-11)5-13-6-8-2-3-9(10)12-8/h2-3,7H,5-6H2,1H3. The van der Waals surface area contributed by atoms with Crippen molar-refractivity contribution in [3.8, 4) is 6.07 Å². The lowest BCUT2D eigenvalue weighted by Crippen LogP contribution is -1.93. The van der Waals surface area contributed by atoms with Crippen LogP contribution in [0.5, 0.6) is 0 Å². The van der Waals surface area contributed by atoms with Gasteiger partial charge in [0.05, 0.1) is 17.7 Å². The molecule has 0 fully saturated rings. The summed E-state index contributed by atoms with van der Waals surface area (Å²) >= 11 is 7.28. The smallest absolute Gasteiger partial charge is 0.193 e. The predicted molar refractivity (Wildman–Crippen MR) is 54.7 cm³/mol. The minimum absolute atomic E-state index is 0.0930. The highest BCUT2D eigenvalue weighted by atomic mass is 35.5. The number of hydrogen-bond donors (Lipinski definition) is 0. The number of furan rings is 1. The molecule has 0 aliphatic rings. The first-order chi connectivity index (χ1) is 6.22. The molecule has 0 amide bonds. The Bertz CT molecular complexity index is 305. The van der Waals surface area contributed by atoms with Gasteiger partial charge in [-0.3, -0.25) is 0 Å². The van der Waals surface area contributed by atoms with E-state index >= 15 is 0 Å². The fraction of sp³-hybridized carbons (Fsp3) is 0.444. The van der Waals surface area contributed by atoms with Crippen LogP contribution in [0.1, 0.15) is 12.7 Å². The maximum absolute atomic E-state index is 8.53. The number of rotatable bonds is 4. The minimum Gasteiger partial charge on any atom is -0.449 e. The summed E-state index contributed by atoms with van der Waals surface area (Å²) in [4.78, 5) is 0. The Morgan fingerprint density at radius 1 is 1.69 bits per heavy atom. The SMILES string of the molecule is CC(C#N)CSCc1ccc(Cl)o1. The van der Waals surface area contributed by atoms with Gasteiger partial charge in [0.15, 0.2) is 5.22 Å². The highest BCUT2D eigenvalue weighted by Gasteiger charge is 2.02. The molecule has 0 spiro atoms. The molecule has 1 unspecified atom stereocenters. The summed E-state index contributed by atoms with van der Waals surface area (Å²) in [6.45, 7) is 1.90. The van der Waals surface area contributed by atoms with E-state index in [2.05, 4.69) is 6.07 Å². The Morgan fingerprint density at radius 2 is 2.46 bits per heavy atom. The molecule has 0 radical (unpaired) electrons. The molecule has 1 atom stereocenters. The Hall–Kier alpha value is -0.590. The average Bonchev–Trinajstić information content (AvgIpc) is 2.51. The van der Waals surface area contributed by atoms with Crippen LogP contribution in [0.25, 0.3) is 0 Å². The number of halogens is 1. The fourth-order valence-electron chi connectivity index (χ4n) is 0.803. The van der Waals surface area contributed by atoms with Crippen molar-refractivity contribution >= 4 is 23.4 Å². The second kappa shape index (κ2) is 5.21. The predicted octanol–water partition coefficient (Wildman–Crippen LogP) is 3.33. The second-order valence-electron chi connectivity index (χ2n) is 2.75. The van der Waals surface area contributed by atoms with E-state index in [1.807, 2.05) is 13.0 Å². The average molecular weight is 216 g/mol. The third-order valence-corrected chi connectivity index (χ3v) is 2.89. The molecule has 0 saturated heterocycles. The molecular weight excluding hydrogens is 206 g/mol. The summed E-state index contributed by atoms with van der Waals surface area (Å²) in [5, 5.41) is 8.95. The monoisotopic (exact) mass is 215 g/mol. The van der Waals surface area contributed by atoms with Crippen molar-refractivity contribution in [2.24, 2.45) is 5.92 Å². The summed E-state index contributed by atoms with van der Waals surface area (Å²) in [6, 6.07) is 5.76. The topological polar surface area (TPSA) is 36.9 Å². The van der Waals surface area contributed by atoms with E-state index in [-0.39, 0.29) is 5.92 Å². The molecule has 0 aliphatic carbocycles. The number of hydrogen-bond acceptors (Lipinski definition) is 3. The van der Waals surface area contributed by atoms with E-state index in [1.165, 1.54) is 0 Å². The van der Waals surface area contributed by atoms with Crippen LogP contribution in [0.15, 0.2) is 16.5 Å². The second-order valence-corrected chi connectivity index (χ2v) is 4.15. The molecule has 0 bridgehead atoms. The van der Waals surface area contributed by atoms with Gasteiger partial charge in [0, 0.05) is 5.75 Å². The third kappa shape index (κ3) is 3.75. The van der Waals surface area contributed by atoms with E-state index in [1.54, 1.807) is 17.8 Å². The van der Waals surface area contributed by atoms with Crippen molar-refractivity contribution < 1.29 is 4.42 Å². The molecule has 70 valence electrons. The Balaban J connectivity index is 2.25. The van der Waals surface area contributed by atoms with Gasteiger partial charge in [0.25, 0.3) is 0 Å². The van der Waals surface area contributed by atoms with E-state index < -0.39 is 0 Å². The van der Waals surface area contributed by atoms with Gasteiger partial charge in [0.1, 0.15) is 5.76 Å². The lowest BCUT2D eigenvalue weighted by molar-refractivity contribution is 0.532. The Morgan fingerprint density at radius 3 is 3.00 bits per heavy atom. The van der Waals surface area contributed by atoms with Crippen molar-refractivity contribution in [2.45, 2.75) is 12.7 Å². The zero-order valence-corrected chi connectivity index (χ0v) is 8.86. The fourth-order valence-corrected chi connectivity index (χ4v) is 1.87. The van der Waals surface area contributed by atoms with Gasteiger partial charge in [-0.2, -0.15) is 17.0 Å². The Kier molecular flexibility index (Phi) is 4.20. The highest BCUT2D eigenvalue weighted by Crippen LogP contribution is 2.19. The first-order valence-electron chi connectivity index (χ1n) is 3.94. The molecule has 2 nitrogen and oxygen atoms in total. The normalized spacial score (nSPS) is 12.4. The number of nitriles is 1. The van der Waals surface area contributed by atoms with Crippen molar-refractivity contribution in [3.63, 3.8) is 0 Å². The lowest BCUT2D eigenvalue weighted by atomic mass is 10.3. The van der Waals surface area contributed by atoms with Crippen LogP contribution in [0.4, 0.5) is 0 Å². The molecule has 13 heavy (non-hydrogen) atoms. The van der Waals surface area contributed by atoms with Crippen LogP contribution < -0.4 is 0 Å². The summed E-state index contributed by atoms with van der Waals surface area (Å²) < 4.78 is 5.16. The lowest BCUT2D eigenvalue weighted by Gasteiger charge is -1.99. The van der Waals surface area contributed by atoms with Crippen LogP contribution in [-0.4, -0.2) is 5.75 Å². The molecule has 0 aliphatic heterocycles. The van der Waals surface area contributed by atoms with Gasteiger partial charge < -0.3 is 4.42 Å². The maximum Gasteiger partial charge on any atom is 0.193 e. The van der Waals surface area contributed by atoms with Crippen molar-refractivity contribution in [2.75, 3.05) is 5.75 Å². The maximum atomic E-state index is 8.53. The summed E-state index contributed by atoms with van der Waals surface area (Å²) in [7, 11) is 0. The first-order valence-corrected chi connectivity index (χ1v) is 5.47. The van der Waals surface area contributed by atoms with E-state index in [0.29, 0.717) is 5.22 Å². The van der Waals surface area contributed by atoms with E-state index in [0.717, 1.165) is 17.3 Å². The molecule has 0 saturated carbocycles. The summed E-state index contributed by atoms with van der Waals surface area (Å²) in [6.07, 6.45) is 0. The third-order valence-electron chi connectivity index (χ3n) is 1.46. The van der Waals surface area contributed by atoms with Gasteiger partial charge in [-0.25, -0.2) is 0 Å². The highest BCUT2D eigenvalue weighted by molar-refractivity contribution is 7.98. The minimum atomic E-state index is 0.0930. The Labute approximate surface area is 86.9 Å². The molecule has 0 aromatic carbocycles. The molecule has 1 heterocycles. The summed E-state index contributed by atoms with van der Waals surface area (Å²) in [5.74, 6) is 2.56. The van der Waals surface area contributed by atoms with Gasteiger partial charge in [-0.05, 0) is 30.7 Å². The van der Waals surface area contributed by atoms with Crippen LogP contribution in [0.3, 0.4) is 0 Å². The number of nitrogens with zero attached hydrogens (tertiary/aromatic N) is 1. The van der Waals surface area contributed by atoms with Crippen molar-refractivity contribution in [1.82, 2.24) is 0 Å². The van der Waals surface area contributed by atoms with Gasteiger partial charge in [0.2, 0.25) is 0 Å². The largest absolute Gasteiger partial charge is 0.449 e. The van der Waals surface area contributed by atoms with Crippen molar-refractivity contribution in [1.29, 1.82) is 5.26 Å². The molecule has 4 heteroatoms. The zero-order valence-electron chi connectivity index (χ0n) is 7.29. The molecule has 1 aromatic heterocycles. The van der Waals surface area contributed by atoms with E-state index in [9.17, 15) is 0 Å². The molecular formula is C9H10ClNOS. The van der Waals surface area contributed by atoms with Gasteiger partial charge in [-0.15, -0.1) is 0 Å². The molecule has 1 aromatic rings. The van der Waals surface area contributed by atoms with Gasteiger partial charge >= 0.3 is 0 Å². The zero-order chi connectivity index (χ0) is 9.68. The quantitative estimate of drug-likeness (QED) is 0.773. The van der Waals surface area contributed by atoms with E-state index in [4.69, 9.17) is 21.3 Å². The molecule has 1 rings (SSSR count). The van der Waals surface area contributed by atoms with Crippen LogP contribution in [-0.2, 0) is 5.75 Å². The summed E-state index contributed by atoms with van der Waals surface area (Å²) in [5.41, 5.74) is 0. The van der Waals surface area contributed by atoms with Crippen molar-refractivity contribution in [3.05, 3.63) is 23.1 Å². The van der Waals surface area contributed by atoms with Crippen LogP contribution in [0.2, 0.25) is 5.22 Å². The number of thioether (sulfide) groups is 1. The van der Waals surface area contributed by atoms with Crippen LogP contribution in [0, 0.1) is 17.2 Å². The van der Waals surface area contributed by atoms with Crippen LogP contribution >= 0.6 is 23.4 Å². The van der Waals surface area contributed by atoms with Gasteiger partial charge in [-0.1, -0.05) is 0 Å². The molecule has 0 N–H and O–H groups in total.